The first kappa shape index (κ1) is 23.5. The molecule has 7 heteroatoms. The molecular formula is C28H33FN4O2. The minimum absolute atomic E-state index is 0.0739. The number of halogens is 1. The molecule has 0 amide bonds. The van der Waals surface area contributed by atoms with E-state index in [4.69, 9.17) is 4.74 Å². The van der Waals surface area contributed by atoms with Crippen LogP contribution in [0.5, 0.6) is 5.75 Å². The van der Waals surface area contributed by atoms with Gasteiger partial charge >= 0.3 is 5.56 Å². The molecule has 3 aromatic rings. The van der Waals surface area contributed by atoms with E-state index in [1.807, 2.05) is 42.5 Å². The van der Waals surface area contributed by atoms with E-state index >= 15 is 0 Å². The summed E-state index contributed by atoms with van der Waals surface area (Å²) in [5.41, 5.74) is 3.10. The van der Waals surface area contributed by atoms with Crippen LogP contribution in [0.15, 0.2) is 59.5 Å². The molecule has 5 rings (SSSR count). The van der Waals surface area contributed by atoms with Crippen LogP contribution in [0, 0.1) is 12.7 Å². The lowest BCUT2D eigenvalue weighted by Gasteiger charge is -2.37. The van der Waals surface area contributed by atoms with E-state index in [1.54, 1.807) is 19.2 Å². The van der Waals surface area contributed by atoms with Crippen LogP contribution in [0.3, 0.4) is 0 Å². The molecular weight excluding hydrogens is 443 g/mol. The van der Waals surface area contributed by atoms with Crippen LogP contribution in [0.1, 0.15) is 43.2 Å². The lowest BCUT2D eigenvalue weighted by atomic mass is 9.98. The van der Waals surface area contributed by atoms with E-state index in [0.29, 0.717) is 11.3 Å². The lowest BCUT2D eigenvalue weighted by molar-refractivity contribution is 0.152. The number of ether oxygens (including phenoxy) is 1. The Morgan fingerprint density at radius 2 is 1.74 bits per heavy atom. The molecule has 1 saturated carbocycles. The summed E-state index contributed by atoms with van der Waals surface area (Å²) in [6.07, 6.45) is 7.33. The highest BCUT2D eigenvalue weighted by atomic mass is 19.1. The largest absolute Gasteiger partial charge is 0.483 e. The topological polar surface area (TPSA) is 50.6 Å². The summed E-state index contributed by atoms with van der Waals surface area (Å²) in [7, 11) is 0. The smallest absolute Gasteiger partial charge is 0.316 e. The van der Waals surface area contributed by atoms with E-state index in [1.165, 1.54) is 11.1 Å². The van der Waals surface area contributed by atoms with E-state index in [2.05, 4.69) is 14.9 Å². The molecule has 0 atom stereocenters. The molecule has 0 bridgehead atoms. The van der Waals surface area contributed by atoms with Crippen LogP contribution in [-0.2, 0) is 6.54 Å². The third-order valence-electron chi connectivity index (χ3n) is 7.09. The summed E-state index contributed by atoms with van der Waals surface area (Å²) >= 11 is 0. The van der Waals surface area contributed by atoms with Gasteiger partial charge in [-0.15, -0.1) is 0 Å². The first-order chi connectivity index (χ1) is 17.1. The standard InChI is InChI=1S/C28H33FN4O2/c1-21-18-22(12-13-25(21)29)20-31-14-16-32(17-15-31)26-19-30-33(23-8-4-2-5-9-23)28(34)27(26)35-24-10-6-3-7-11-24/h2,4-5,8-9,12-13,18-19,24H,3,6-7,10-11,14-17,20H2,1H3. The Balaban J connectivity index is 1.36. The van der Waals surface area contributed by atoms with Gasteiger partial charge in [0.15, 0.2) is 0 Å². The first-order valence-corrected chi connectivity index (χ1v) is 12.7. The van der Waals surface area contributed by atoms with Crippen LogP contribution < -0.4 is 15.2 Å². The Morgan fingerprint density at radius 3 is 2.46 bits per heavy atom. The molecule has 1 aliphatic heterocycles. The number of nitrogens with zero attached hydrogens (tertiary/aromatic N) is 4. The van der Waals surface area contributed by atoms with E-state index in [9.17, 15) is 9.18 Å². The quantitative estimate of drug-likeness (QED) is 0.516. The average Bonchev–Trinajstić information content (AvgIpc) is 2.89. The minimum atomic E-state index is -0.205. The van der Waals surface area contributed by atoms with Gasteiger partial charge in [0.05, 0.1) is 18.0 Å². The van der Waals surface area contributed by atoms with Crippen molar-refractivity contribution in [1.82, 2.24) is 14.7 Å². The number of piperazine rings is 1. The van der Waals surface area contributed by atoms with E-state index in [-0.39, 0.29) is 17.5 Å². The van der Waals surface area contributed by atoms with Crippen molar-refractivity contribution in [3.05, 3.63) is 82.0 Å². The highest BCUT2D eigenvalue weighted by Crippen LogP contribution is 2.30. The Labute approximate surface area is 205 Å². The summed E-state index contributed by atoms with van der Waals surface area (Å²) < 4.78 is 21.5. The van der Waals surface area contributed by atoms with Crippen LogP contribution in [0.25, 0.3) is 5.69 Å². The third-order valence-corrected chi connectivity index (χ3v) is 7.09. The number of hydrogen-bond acceptors (Lipinski definition) is 5. The van der Waals surface area contributed by atoms with Crippen LogP contribution in [0.2, 0.25) is 0 Å². The van der Waals surface area contributed by atoms with Gasteiger partial charge in [0, 0.05) is 32.7 Å². The SMILES string of the molecule is Cc1cc(CN2CCN(c3cnn(-c4ccccc4)c(=O)c3OC3CCCCC3)CC2)ccc1F. The van der Waals surface area contributed by atoms with Crippen LogP contribution in [0.4, 0.5) is 10.1 Å². The summed E-state index contributed by atoms with van der Waals surface area (Å²) in [4.78, 5) is 18.2. The van der Waals surface area contributed by atoms with Crippen molar-refractivity contribution < 1.29 is 9.13 Å². The van der Waals surface area contributed by atoms with E-state index in [0.717, 1.165) is 75.3 Å². The maximum Gasteiger partial charge on any atom is 0.316 e. The minimum Gasteiger partial charge on any atom is -0.483 e. The zero-order chi connectivity index (χ0) is 24.2. The number of benzene rings is 2. The Hall–Kier alpha value is -3.19. The second-order valence-electron chi connectivity index (χ2n) is 9.64. The van der Waals surface area contributed by atoms with Gasteiger partial charge in [-0.1, -0.05) is 36.8 Å². The zero-order valence-electron chi connectivity index (χ0n) is 20.3. The van der Waals surface area contributed by atoms with Gasteiger partial charge in [0.1, 0.15) is 11.5 Å². The van der Waals surface area contributed by atoms with Crippen molar-refractivity contribution in [3.8, 4) is 11.4 Å². The molecule has 6 nitrogen and oxygen atoms in total. The molecule has 2 fully saturated rings. The van der Waals surface area contributed by atoms with Crippen LogP contribution >= 0.6 is 0 Å². The summed E-state index contributed by atoms with van der Waals surface area (Å²) in [6, 6.07) is 14.8. The number of rotatable bonds is 6. The van der Waals surface area contributed by atoms with Gasteiger partial charge in [-0.2, -0.15) is 9.78 Å². The molecule has 184 valence electrons. The van der Waals surface area contributed by atoms with Gasteiger partial charge in [-0.25, -0.2) is 4.39 Å². The maximum atomic E-state index is 13.6. The van der Waals surface area contributed by atoms with Crippen molar-refractivity contribution in [2.45, 2.75) is 51.7 Å². The third kappa shape index (κ3) is 5.40. The average molecular weight is 477 g/mol. The summed E-state index contributed by atoms with van der Waals surface area (Å²) in [5.74, 6) is 0.250. The summed E-state index contributed by atoms with van der Waals surface area (Å²) in [6.45, 7) is 5.83. The highest BCUT2D eigenvalue weighted by molar-refractivity contribution is 5.57. The molecule has 2 aromatic carbocycles. The van der Waals surface area contributed by atoms with Gasteiger partial charge in [0.2, 0.25) is 5.75 Å². The number of hydrogen-bond donors (Lipinski definition) is 0. The predicted molar refractivity (Wildman–Crippen MR) is 136 cm³/mol. The van der Waals surface area contributed by atoms with Crippen molar-refractivity contribution in [3.63, 3.8) is 0 Å². The van der Waals surface area contributed by atoms with Crippen LogP contribution in [-0.4, -0.2) is 47.0 Å². The monoisotopic (exact) mass is 476 g/mol. The number of aryl methyl sites for hydroxylation is 1. The Bertz CT molecular complexity index is 1200. The second-order valence-corrected chi connectivity index (χ2v) is 9.64. The Morgan fingerprint density at radius 1 is 1.00 bits per heavy atom. The fraction of sp³-hybridized carbons (Fsp3) is 0.429. The van der Waals surface area contributed by atoms with Crippen molar-refractivity contribution >= 4 is 5.69 Å². The molecule has 1 saturated heterocycles. The highest BCUT2D eigenvalue weighted by Gasteiger charge is 2.26. The molecule has 0 unspecified atom stereocenters. The maximum absolute atomic E-state index is 13.6. The second kappa shape index (κ2) is 10.6. The molecule has 1 aromatic heterocycles. The van der Waals surface area contributed by atoms with Crippen molar-refractivity contribution in [1.29, 1.82) is 0 Å². The number of aromatic nitrogens is 2. The normalized spacial score (nSPS) is 17.5. The van der Waals surface area contributed by atoms with Gasteiger partial charge < -0.3 is 9.64 Å². The molecule has 0 spiro atoms. The van der Waals surface area contributed by atoms with Gasteiger partial charge in [0.25, 0.3) is 0 Å². The summed E-state index contributed by atoms with van der Waals surface area (Å²) in [5, 5.41) is 4.52. The molecule has 2 heterocycles. The molecule has 2 aliphatic rings. The fourth-order valence-corrected chi connectivity index (χ4v) is 5.08. The van der Waals surface area contributed by atoms with Crippen molar-refractivity contribution in [2.75, 3.05) is 31.1 Å². The van der Waals surface area contributed by atoms with Crippen molar-refractivity contribution in [2.24, 2.45) is 0 Å². The predicted octanol–water partition coefficient (Wildman–Crippen LogP) is 4.71. The molecule has 0 N–H and O–H groups in total. The number of para-hydroxylation sites is 1. The lowest BCUT2D eigenvalue weighted by Crippen LogP contribution is -2.46. The fourth-order valence-electron chi connectivity index (χ4n) is 5.08. The molecule has 0 radical (unpaired) electrons. The Kier molecular flexibility index (Phi) is 7.13. The zero-order valence-corrected chi connectivity index (χ0v) is 20.3. The number of anilines is 1. The molecule has 1 aliphatic carbocycles. The first-order valence-electron chi connectivity index (χ1n) is 12.7. The molecule has 35 heavy (non-hydrogen) atoms. The van der Waals surface area contributed by atoms with Gasteiger partial charge in [-0.05, 0) is 61.9 Å². The van der Waals surface area contributed by atoms with E-state index < -0.39 is 0 Å². The van der Waals surface area contributed by atoms with Gasteiger partial charge in [-0.3, -0.25) is 9.69 Å².